The largest absolute Gasteiger partial charge is 0.389 e. The molecular formula is C12H18N2O. The van der Waals surface area contributed by atoms with E-state index in [1.54, 1.807) is 13.1 Å². The third-order valence-corrected chi connectivity index (χ3v) is 3.00. The summed E-state index contributed by atoms with van der Waals surface area (Å²) in [6.45, 7) is 6.21. The number of hydrogen-bond acceptors (Lipinski definition) is 3. The predicted octanol–water partition coefficient (Wildman–Crippen LogP) is 1.98. The SMILES string of the molecule is CC1CCN(c2cc([C@@H](C)O)ccn2)C1. The highest BCUT2D eigenvalue weighted by molar-refractivity contribution is 5.42. The van der Waals surface area contributed by atoms with Gasteiger partial charge in [-0.25, -0.2) is 4.98 Å². The predicted molar refractivity (Wildman–Crippen MR) is 60.9 cm³/mol. The Kier molecular flexibility index (Phi) is 2.91. The second kappa shape index (κ2) is 4.19. The van der Waals surface area contributed by atoms with Crippen LogP contribution in [0.25, 0.3) is 0 Å². The van der Waals surface area contributed by atoms with E-state index in [1.165, 1.54) is 6.42 Å². The number of nitrogens with zero attached hydrogens (tertiary/aromatic N) is 2. The lowest BCUT2D eigenvalue weighted by molar-refractivity contribution is 0.199. The molecule has 1 aliphatic rings. The molecule has 3 heteroatoms. The number of aliphatic hydroxyl groups is 1. The van der Waals surface area contributed by atoms with E-state index in [9.17, 15) is 5.11 Å². The third-order valence-electron chi connectivity index (χ3n) is 3.00. The summed E-state index contributed by atoms with van der Waals surface area (Å²) in [4.78, 5) is 6.64. The molecule has 0 aromatic carbocycles. The van der Waals surface area contributed by atoms with Crippen LogP contribution in [-0.2, 0) is 0 Å². The fourth-order valence-electron chi connectivity index (χ4n) is 2.01. The molecule has 2 rings (SSSR count). The van der Waals surface area contributed by atoms with Crippen LogP contribution in [0.2, 0.25) is 0 Å². The maximum absolute atomic E-state index is 9.50. The fraction of sp³-hybridized carbons (Fsp3) is 0.583. The van der Waals surface area contributed by atoms with Gasteiger partial charge in [-0.3, -0.25) is 0 Å². The van der Waals surface area contributed by atoms with E-state index >= 15 is 0 Å². The smallest absolute Gasteiger partial charge is 0.128 e. The Morgan fingerprint density at radius 1 is 1.60 bits per heavy atom. The van der Waals surface area contributed by atoms with Crippen molar-refractivity contribution in [3.05, 3.63) is 23.9 Å². The van der Waals surface area contributed by atoms with Crippen LogP contribution in [0.4, 0.5) is 5.82 Å². The fourth-order valence-corrected chi connectivity index (χ4v) is 2.01. The number of aliphatic hydroxyl groups excluding tert-OH is 1. The van der Waals surface area contributed by atoms with Gasteiger partial charge >= 0.3 is 0 Å². The van der Waals surface area contributed by atoms with E-state index in [0.29, 0.717) is 0 Å². The van der Waals surface area contributed by atoms with Crippen molar-refractivity contribution in [3.8, 4) is 0 Å². The van der Waals surface area contributed by atoms with Crippen molar-refractivity contribution in [2.24, 2.45) is 5.92 Å². The van der Waals surface area contributed by atoms with Crippen molar-refractivity contribution in [3.63, 3.8) is 0 Å². The summed E-state index contributed by atoms with van der Waals surface area (Å²) in [5.41, 5.74) is 0.944. The number of aromatic nitrogens is 1. The van der Waals surface area contributed by atoms with Gasteiger partial charge in [-0.2, -0.15) is 0 Å². The molecule has 0 spiro atoms. The average molecular weight is 206 g/mol. The number of rotatable bonds is 2. The van der Waals surface area contributed by atoms with E-state index < -0.39 is 6.10 Å². The summed E-state index contributed by atoms with van der Waals surface area (Å²) >= 11 is 0. The van der Waals surface area contributed by atoms with Crippen LogP contribution < -0.4 is 4.90 Å². The Labute approximate surface area is 90.8 Å². The van der Waals surface area contributed by atoms with Crippen LogP contribution in [0, 0.1) is 5.92 Å². The molecule has 2 atom stereocenters. The summed E-state index contributed by atoms with van der Waals surface area (Å²) in [7, 11) is 0. The lowest BCUT2D eigenvalue weighted by Crippen LogP contribution is -2.20. The van der Waals surface area contributed by atoms with Crippen LogP contribution in [-0.4, -0.2) is 23.2 Å². The van der Waals surface area contributed by atoms with Gasteiger partial charge in [0.1, 0.15) is 5.82 Å². The van der Waals surface area contributed by atoms with Crippen LogP contribution in [0.1, 0.15) is 31.9 Å². The third kappa shape index (κ3) is 2.29. The van der Waals surface area contributed by atoms with Gasteiger partial charge in [0.15, 0.2) is 0 Å². The highest BCUT2D eigenvalue weighted by atomic mass is 16.3. The molecule has 0 radical (unpaired) electrons. The maximum Gasteiger partial charge on any atom is 0.128 e. The van der Waals surface area contributed by atoms with Crippen molar-refractivity contribution in [2.45, 2.75) is 26.4 Å². The van der Waals surface area contributed by atoms with E-state index in [2.05, 4.69) is 16.8 Å². The van der Waals surface area contributed by atoms with Crippen LogP contribution in [0.15, 0.2) is 18.3 Å². The van der Waals surface area contributed by atoms with Gasteiger partial charge in [-0.15, -0.1) is 0 Å². The molecular weight excluding hydrogens is 188 g/mol. The number of hydrogen-bond donors (Lipinski definition) is 1. The van der Waals surface area contributed by atoms with Gasteiger partial charge in [-0.05, 0) is 37.0 Å². The zero-order valence-electron chi connectivity index (χ0n) is 9.35. The zero-order valence-corrected chi connectivity index (χ0v) is 9.35. The Balaban J connectivity index is 2.18. The summed E-state index contributed by atoms with van der Waals surface area (Å²) in [6, 6.07) is 3.86. The van der Waals surface area contributed by atoms with Crippen molar-refractivity contribution in [1.82, 2.24) is 4.98 Å². The van der Waals surface area contributed by atoms with E-state index in [1.807, 2.05) is 12.1 Å². The van der Waals surface area contributed by atoms with Crippen molar-refractivity contribution in [2.75, 3.05) is 18.0 Å². The molecule has 0 amide bonds. The molecule has 3 nitrogen and oxygen atoms in total. The first-order valence-corrected chi connectivity index (χ1v) is 5.56. The molecule has 0 bridgehead atoms. The monoisotopic (exact) mass is 206 g/mol. The number of pyridine rings is 1. The summed E-state index contributed by atoms with van der Waals surface area (Å²) in [5, 5.41) is 9.50. The van der Waals surface area contributed by atoms with Crippen LogP contribution in [0.5, 0.6) is 0 Å². The molecule has 1 aromatic heterocycles. The molecule has 1 N–H and O–H groups in total. The average Bonchev–Trinajstić information content (AvgIpc) is 2.65. The Bertz CT molecular complexity index is 338. The highest BCUT2D eigenvalue weighted by Gasteiger charge is 2.20. The molecule has 1 unspecified atom stereocenters. The first-order valence-electron chi connectivity index (χ1n) is 5.56. The second-order valence-corrected chi connectivity index (χ2v) is 4.46. The quantitative estimate of drug-likeness (QED) is 0.803. The molecule has 2 heterocycles. The van der Waals surface area contributed by atoms with Gasteiger partial charge in [0.05, 0.1) is 6.10 Å². The zero-order chi connectivity index (χ0) is 10.8. The molecule has 1 aliphatic heterocycles. The topological polar surface area (TPSA) is 36.4 Å². The van der Waals surface area contributed by atoms with Gasteiger partial charge in [0.2, 0.25) is 0 Å². The Morgan fingerprint density at radius 3 is 3.00 bits per heavy atom. The van der Waals surface area contributed by atoms with Gasteiger partial charge in [0, 0.05) is 19.3 Å². The molecule has 15 heavy (non-hydrogen) atoms. The van der Waals surface area contributed by atoms with Gasteiger partial charge in [0.25, 0.3) is 0 Å². The highest BCUT2D eigenvalue weighted by Crippen LogP contribution is 2.23. The van der Waals surface area contributed by atoms with E-state index in [4.69, 9.17) is 0 Å². The lowest BCUT2D eigenvalue weighted by atomic mass is 10.1. The summed E-state index contributed by atoms with van der Waals surface area (Å²) in [6.07, 6.45) is 2.60. The minimum atomic E-state index is -0.410. The van der Waals surface area contributed by atoms with Crippen molar-refractivity contribution >= 4 is 5.82 Å². The molecule has 1 saturated heterocycles. The summed E-state index contributed by atoms with van der Waals surface area (Å²) in [5.74, 6) is 1.75. The Morgan fingerprint density at radius 2 is 2.40 bits per heavy atom. The van der Waals surface area contributed by atoms with E-state index in [0.717, 1.165) is 30.4 Å². The first kappa shape index (κ1) is 10.4. The van der Waals surface area contributed by atoms with Crippen molar-refractivity contribution < 1.29 is 5.11 Å². The van der Waals surface area contributed by atoms with Gasteiger partial charge in [-0.1, -0.05) is 6.92 Å². The lowest BCUT2D eigenvalue weighted by Gasteiger charge is -2.18. The summed E-state index contributed by atoms with van der Waals surface area (Å²) < 4.78 is 0. The second-order valence-electron chi connectivity index (χ2n) is 4.46. The molecule has 1 aromatic rings. The van der Waals surface area contributed by atoms with Crippen LogP contribution >= 0.6 is 0 Å². The minimum Gasteiger partial charge on any atom is -0.389 e. The first-order chi connectivity index (χ1) is 7.16. The minimum absolute atomic E-state index is 0.410. The van der Waals surface area contributed by atoms with E-state index in [-0.39, 0.29) is 0 Å². The Hall–Kier alpha value is -1.09. The molecule has 1 fully saturated rings. The molecule has 0 aliphatic carbocycles. The molecule has 82 valence electrons. The normalized spacial score (nSPS) is 23.1. The van der Waals surface area contributed by atoms with Crippen molar-refractivity contribution in [1.29, 1.82) is 0 Å². The standard InChI is InChI=1S/C12H18N2O/c1-9-4-6-14(8-9)12-7-11(10(2)15)3-5-13-12/h3,5,7,9-10,15H,4,6,8H2,1-2H3/t9?,10-/m1/s1. The maximum atomic E-state index is 9.50. The number of anilines is 1. The molecule has 0 saturated carbocycles. The van der Waals surface area contributed by atoms with Gasteiger partial charge < -0.3 is 10.0 Å². The van der Waals surface area contributed by atoms with Crippen LogP contribution in [0.3, 0.4) is 0 Å².